The first-order valence-corrected chi connectivity index (χ1v) is 5.10. The zero-order valence-corrected chi connectivity index (χ0v) is 9.30. The molecule has 4 N–H and O–H groups in total. The first-order chi connectivity index (χ1) is 6.57. The average molecular weight is 192 g/mol. The summed E-state index contributed by atoms with van der Waals surface area (Å²) < 4.78 is 0. The van der Waals surface area contributed by atoms with E-state index in [1.54, 1.807) is 0 Å². The highest BCUT2D eigenvalue weighted by atomic mass is 14.7. The maximum absolute atomic E-state index is 6.05. The van der Waals surface area contributed by atoms with Crippen LogP contribution in [-0.2, 0) is 0 Å². The highest BCUT2D eigenvalue weighted by Crippen LogP contribution is 2.22. The van der Waals surface area contributed by atoms with Gasteiger partial charge in [0.05, 0.1) is 0 Å². The maximum atomic E-state index is 6.05. The van der Waals surface area contributed by atoms with E-state index in [-0.39, 0.29) is 6.04 Å². The monoisotopic (exact) mass is 192 g/mol. The summed E-state index contributed by atoms with van der Waals surface area (Å²) in [6, 6.07) is 4.34. The van der Waals surface area contributed by atoms with E-state index in [4.69, 9.17) is 11.5 Å². The molecule has 0 bridgehead atoms. The van der Waals surface area contributed by atoms with Crippen molar-refractivity contribution in [1.29, 1.82) is 0 Å². The lowest BCUT2D eigenvalue weighted by Gasteiger charge is -2.16. The molecule has 1 aromatic rings. The largest absolute Gasteiger partial charge is 0.330 e. The van der Waals surface area contributed by atoms with Crippen molar-refractivity contribution in [2.75, 3.05) is 6.54 Å². The minimum Gasteiger partial charge on any atom is -0.330 e. The van der Waals surface area contributed by atoms with Gasteiger partial charge in [0, 0.05) is 6.04 Å². The fraction of sp³-hybridized carbons (Fsp3) is 0.500. The van der Waals surface area contributed by atoms with Crippen molar-refractivity contribution < 1.29 is 0 Å². The van der Waals surface area contributed by atoms with Gasteiger partial charge in [0.1, 0.15) is 0 Å². The molecule has 0 spiro atoms. The molecule has 0 aliphatic carbocycles. The number of aryl methyl sites for hydroxylation is 1. The molecular weight excluding hydrogens is 172 g/mol. The molecule has 1 atom stereocenters. The minimum atomic E-state index is 0.0827. The van der Waals surface area contributed by atoms with E-state index in [2.05, 4.69) is 32.9 Å². The number of nitrogens with two attached hydrogens (primary N) is 2. The van der Waals surface area contributed by atoms with Crippen molar-refractivity contribution in [2.45, 2.75) is 33.2 Å². The molecule has 0 saturated carbocycles. The molecule has 1 rings (SSSR count). The number of hydrogen-bond donors (Lipinski definition) is 2. The minimum absolute atomic E-state index is 0.0827. The molecular formula is C12H20N2. The first-order valence-electron chi connectivity index (χ1n) is 5.10. The van der Waals surface area contributed by atoms with Gasteiger partial charge in [-0.15, -0.1) is 0 Å². The normalized spacial score (nSPS) is 12.9. The SMILES string of the molecule is Cc1ccc(C(N)CCN)c(C)c1C. The first kappa shape index (κ1) is 11.2. The lowest BCUT2D eigenvalue weighted by molar-refractivity contribution is 0.656. The summed E-state index contributed by atoms with van der Waals surface area (Å²) in [6.07, 6.45) is 0.851. The third kappa shape index (κ3) is 2.14. The number of rotatable bonds is 3. The van der Waals surface area contributed by atoms with Crippen LogP contribution in [0.15, 0.2) is 12.1 Å². The van der Waals surface area contributed by atoms with E-state index in [1.165, 1.54) is 22.3 Å². The fourth-order valence-corrected chi connectivity index (χ4v) is 1.71. The summed E-state index contributed by atoms with van der Waals surface area (Å²) in [4.78, 5) is 0. The van der Waals surface area contributed by atoms with Gasteiger partial charge in [-0.3, -0.25) is 0 Å². The van der Waals surface area contributed by atoms with Gasteiger partial charge in [0.25, 0.3) is 0 Å². The average Bonchev–Trinajstić information content (AvgIpc) is 2.15. The molecule has 14 heavy (non-hydrogen) atoms. The van der Waals surface area contributed by atoms with Crippen molar-refractivity contribution in [2.24, 2.45) is 11.5 Å². The van der Waals surface area contributed by atoms with Crippen LogP contribution in [0.25, 0.3) is 0 Å². The zero-order valence-electron chi connectivity index (χ0n) is 9.30. The number of benzene rings is 1. The topological polar surface area (TPSA) is 52.0 Å². The summed E-state index contributed by atoms with van der Waals surface area (Å²) in [5, 5.41) is 0. The van der Waals surface area contributed by atoms with Crippen LogP contribution in [0.2, 0.25) is 0 Å². The molecule has 1 unspecified atom stereocenters. The molecule has 2 heteroatoms. The molecule has 78 valence electrons. The molecule has 0 aromatic heterocycles. The van der Waals surface area contributed by atoms with Crippen LogP contribution in [0, 0.1) is 20.8 Å². The molecule has 0 heterocycles. The second-order valence-corrected chi connectivity index (χ2v) is 3.91. The van der Waals surface area contributed by atoms with Gasteiger partial charge in [-0.05, 0) is 56.0 Å². The predicted octanol–water partition coefficient (Wildman–Crippen LogP) is 1.96. The molecule has 0 aliphatic rings. The Morgan fingerprint density at radius 3 is 2.36 bits per heavy atom. The Morgan fingerprint density at radius 2 is 1.79 bits per heavy atom. The van der Waals surface area contributed by atoms with Crippen molar-refractivity contribution >= 4 is 0 Å². The lowest BCUT2D eigenvalue weighted by Crippen LogP contribution is -2.16. The summed E-state index contributed by atoms with van der Waals surface area (Å²) in [5.74, 6) is 0. The third-order valence-electron chi connectivity index (χ3n) is 2.98. The summed E-state index contributed by atoms with van der Waals surface area (Å²) in [5.41, 5.74) is 16.8. The van der Waals surface area contributed by atoms with E-state index in [0.29, 0.717) is 6.54 Å². The Balaban J connectivity index is 3.04. The van der Waals surface area contributed by atoms with Gasteiger partial charge < -0.3 is 11.5 Å². The van der Waals surface area contributed by atoms with Gasteiger partial charge in [-0.25, -0.2) is 0 Å². The van der Waals surface area contributed by atoms with E-state index < -0.39 is 0 Å². The molecule has 2 nitrogen and oxygen atoms in total. The maximum Gasteiger partial charge on any atom is 0.0309 e. The highest BCUT2D eigenvalue weighted by molar-refractivity contribution is 5.40. The lowest BCUT2D eigenvalue weighted by atomic mass is 9.93. The van der Waals surface area contributed by atoms with Crippen molar-refractivity contribution in [3.63, 3.8) is 0 Å². The van der Waals surface area contributed by atoms with Crippen LogP contribution in [0.5, 0.6) is 0 Å². The Hall–Kier alpha value is -0.860. The van der Waals surface area contributed by atoms with Crippen LogP contribution in [-0.4, -0.2) is 6.54 Å². The van der Waals surface area contributed by atoms with Crippen LogP contribution < -0.4 is 11.5 Å². The Morgan fingerprint density at radius 1 is 1.14 bits per heavy atom. The van der Waals surface area contributed by atoms with Gasteiger partial charge >= 0.3 is 0 Å². The van der Waals surface area contributed by atoms with Crippen LogP contribution in [0.1, 0.15) is 34.7 Å². The Bertz CT molecular complexity index is 318. The Kier molecular flexibility index (Phi) is 3.67. The smallest absolute Gasteiger partial charge is 0.0309 e. The molecule has 0 fully saturated rings. The molecule has 1 aromatic carbocycles. The molecule has 0 saturated heterocycles. The van der Waals surface area contributed by atoms with Gasteiger partial charge in [0.2, 0.25) is 0 Å². The fourth-order valence-electron chi connectivity index (χ4n) is 1.71. The van der Waals surface area contributed by atoms with Crippen LogP contribution >= 0.6 is 0 Å². The Labute approximate surface area is 86.3 Å². The van der Waals surface area contributed by atoms with Crippen LogP contribution in [0.3, 0.4) is 0 Å². The quantitative estimate of drug-likeness (QED) is 0.769. The summed E-state index contributed by atoms with van der Waals surface area (Å²) in [6.45, 7) is 7.05. The second-order valence-electron chi connectivity index (χ2n) is 3.91. The highest BCUT2D eigenvalue weighted by Gasteiger charge is 2.10. The van der Waals surface area contributed by atoms with Crippen molar-refractivity contribution in [3.05, 3.63) is 34.4 Å². The molecule has 0 aliphatic heterocycles. The number of hydrogen-bond acceptors (Lipinski definition) is 2. The van der Waals surface area contributed by atoms with Gasteiger partial charge in [-0.2, -0.15) is 0 Å². The van der Waals surface area contributed by atoms with E-state index in [1.807, 2.05) is 0 Å². The third-order valence-corrected chi connectivity index (χ3v) is 2.98. The van der Waals surface area contributed by atoms with E-state index in [0.717, 1.165) is 6.42 Å². The van der Waals surface area contributed by atoms with Crippen molar-refractivity contribution in [3.8, 4) is 0 Å². The molecule has 0 amide bonds. The summed E-state index contributed by atoms with van der Waals surface area (Å²) in [7, 11) is 0. The van der Waals surface area contributed by atoms with E-state index in [9.17, 15) is 0 Å². The van der Waals surface area contributed by atoms with E-state index >= 15 is 0 Å². The van der Waals surface area contributed by atoms with Gasteiger partial charge in [0.15, 0.2) is 0 Å². The van der Waals surface area contributed by atoms with Gasteiger partial charge in [-0.1, -0.05) is 12.1 Å². The van der Waals surface area contributed by atoms with Crippen LogP contribution in [0.4, 0.5) is 0 Å². The zero-order chi connectivity index (χ0) is 10.7. The van der Waals surface area contributed by atoms with Crippen molar-refractivity contribution in [1.82, 2.24) is 0 Å². The second kappa shape index (κ2) is 4.58. The standard InChI is InChI=1S/C12H20N2/c1-8-4-5-11(10(3)9(8)2)12(14)6-7-13/h4-5,12H,6-7,13-14H2,1-3H3. The summed E-state index contributed by atoms with van der Waals surface area (Å²) >= 11 is 0. The predicted molar refractivity (Wildman–Crippen MR) is 61.3 cm³/mol. The molecule has 0 radical (unpaired) electrons.